The van der Waals surface area contributed by atoms with Gasteiger partial charge in [0.15, 0.2) is 0 Å². The van der Waals surface area contributed by atoms with Crippen molar-refractivity contribution in [2.24, 2.45) is 0 Å². The van der Waals surface area contributed by atoms with E-state index in [1.54, 1.807) is 0 Å². The summed E-state index contributed by atoms with van der Waals surface area (Å²) in [6, 6.07) is 49.1. The van der Waals surface area contributed by atoms with Crippen LogP contribution < -0.4 is 10.3 Å². The quantitative estimate of drug-likeness (QED) is 0.119. The van der Waals surface area contributed by atoms with Crippen molar-refractivity contribution in [1.82, 2.24) is 0 Å². The van der Waals surface area contributed by atoms with Crippen molar-refractivity contribution in [2.45, 2.75) is 25.8 Å². The van der Waals surface area contributed by atoms with E-state index in [1.165, 1.54) is 16.7 Å². The molecule has 206 valence electrons. The number of anilines is 3. The SMILES string of the molecule is Cc1ccc(NC2(c3ccc(C)cc3)C=CC([N+](=Cc3ccccc3)N(c3ccccc3)c3ccccc3)=CC2)cc1. The van der Waals surface area contributed by atoms with E-state index in [-0.39, 0.29) is 5.54 Å². The first-order valence-electron chi connectivity index (χ1n) is 14.5. The Morgan fingerprint density at radius 2 is 1.17 bits per heavy atom. The maximum absolute atomic E-state index is 3.89. The monoisotopic (exact) mass is 546 g/mol. The minimum atomic E-state index is -0.380. The minimum Gasteiger partial charge on any atom is -0.372 e. The van der Waals surface area contributed by atoms with Gasteiger partial charge in [0.1, 0.15) is 11.4 Å². The van der Waals surface area contributed by atoms with Crippen LogP contribution >= 0.6 is 0 Å². The summed E-state index contributed by atoms with van der Waals surface area (Å²) in [5.41, 5.74) is 8.85. The summed E-state index contributed by atoms with van der Waals surface area (Å²) < 4.78 is 2.27. The van der Waals surface area contributed by atoms with Crippen LogP contribution in [0.3, 0.4) is 0 Å². The number of hydrogen-bond acceptors (Lipinski definition) is 2. The summed E-state index contributed by atoms with van der Waals surface area (Å²) in [5, 5.41) is 6.16. The molecule has 0 aromatic heterocycles. The average molecular weight is 547 g/mol. The molecule has 6 rings (SSSR count). The van der Waals surface area contributed by atoms with Crippen molar-refractivity contribution >= 4 is 23.3 Å². The molecule has 1 N–H and O–H groups in total. The van der Waals surface area contributed by atoms with Gasteiger partial charge in [0.05, 0.1) is 5.54 Å². The number of hydrazine groups is 1. The molecule has 0 saturated heterocycles. The maximum Gasteiger partial charge on any atom is 0.232 e. The molecule has 1 aliphatic rings. The fourth-order valence-corrected chi connectivity index (χ4v) is 5.39. The smallest absolute Gasteiger partial charge is 0.232 e. The second-order valence-corrected chi connectivity index (χ2v) is 10.9. The number of aryl methyl sites for hydroxylation is 2. The van der Waals surface area contributed by atoms with Crippen LogP contribution in [-0.2, 0) is 5.54 Å². The Labute approximate surface area is 249 Å². The van der Waals surface area contributed by atoms with Crippen molar-refractivity contribution in [3.8, 4) is 0 Å². The number of nitrogens with zero attached hydrogens (tertiary/aromatic N) is 2. The molecule has 0 amide bonds. The summed E-state index contributed by atoms with van der Waals surface area (Å²) in [7, 11) is 0. The molecule has 42 heavy (non-hydrogen) atoms. The Balaban J connectivity index is 1.46. The number of benzene rings is 5. The first kappa shape index (κ1) is 27.0. The largest absolute Gasteiger partial charge is 0.372 e. The highest BCUT2D eigenvalue weighted by Gasteiger charge is 2.34. The average Bonchev–Trinajstić information content (AvgIpc) is 3.04. The van der Waals surface area contributed by atoms with Crippen molar-refractivity contribution < 1.29 is 4.68 Å². The fraction of sp³-hybridized carbons (Fsp3) is 0.103. The van der Waals surface area contributed by atoms with Crippen LogP contribution in [0.2, 0.25) is 0 Å². The number of para-hydroxylation sites is 2. The molecule has 3 nitrogen and oxygen atoms in total. The molecule has 0 aliphatic heterocycles. The number of hydrazone groups is 1. The first-order chi connectivity index (χ1) is 20.6. The summed E-state index contributed by atoms with van der Waals surface area (Å²) in [4.78, 5) is 0. The Morgan fingerprint density at radius 1 is 0.643 bits per heavy atom. The summed E-state index contributed by atoms with van der Waals surface area (Å²) in [6.07, 6.45) is 9.92. The Kier molecular flexibility index (Phi) is 7.83. The van der Waals surface area contributed by atoms with Gasteiger partial charge in [-0.1, -0.05) is 107 Å². The van der Waals surface area contributed by atoms with E-state index in [1.807, 2.05) is 0 Å². The Hall–Kier alpha value is -5.15. The normalized spacial score (nSPS) is 16.5. The van der Waals surface area contributed by atoms with Crippen molar-refractivity contribution in [3.63, 3.8) is 0 Å². The van der Waals surface area contributed by atoms with Crippen LogP contribution in [0.5, 0.6) is 0 Å². The van der Waals surface area contributed by atoms with Crippen LogP contribution in [0.1, 0.15) is 28.7 Å². The molecule has 0 fully saturated rings. The lowest BCUT2D eigenvalue weighted by molar-refractivity contribution is -0.470. The molecule has 0 radical (unpaired) electrons. The van der Waals surface area contributed by atoms with Crippen LogP contribution in [0.25, 0.3) is 0 Å². The van der Waals surface area contributed by atoms with Crippen LogP contribution in [-0.4, -0.2) is 10.9 Å². The van der Waals surface area contributed by atoms with E-state index in [0.29, 0.717) is 0 Å². The van der Waals surface area contributed by atoms with Crippen LogP contribution in [0.4, 0.5) is 17.1 Å². The predicted octanol–water partition coefficient (Wildman–Crippen LogP) is 9.34. The van der Waals surface area contributed by atoms with E-state index in [0.717, 1.165) is 34.7 Å². The van der Waals surface area contributed by atoms with Gasteiger partial charge in [-0.2, -0.15) is 0 Å². The molecule has 0 saturated carbocycles. The third kappa shape index (κ3) is 5.96. The topological polar surface area (TPSA) is 18.3 Å². The van der Waals surface area contributed by atoms with E-state index >= 15 is 0 Å². The summed E-state index contributed by atoms with van der Waals surface area (Å²) in [5.74, 6) is 0. The van der Waals surface area contributed by atoms with Crippen molar-refractivity contribution in [1.29, 1.82) is 0 Å². The van der Waals surface area contributed by atoms with Gasteiger partial charge in [0, 0.05) is 23.7 Å². The van der Waals surface area contributed by atoms with Gasteiger partial charge in [0.2, 0.25) is 11.9 Å². The van der Waals surface area contributed by atoms with E-state index in [4.69, 9.17) is 0 Å². The Morgan fingerprint density at radius 3 is 1.69 bits per heavy atom. The lowest BCUT2D eigenvalue weighted by atomic mass is 9.82. The third-order valence-electron chi connectivity index (χ3n) is 7.71. The van der Waals surface area contributed by atoms with Crippen molar-refractivity contribution in [3.05, 3.63) is 186 Å². The standard InChI is InChI=1S/C39H36N3/c1-31-18-22-34(23-19-31)39(40-35-24-20-32(2)21-25-35)28-26-36(27-29-39)41(30-33-12-6-3-7-13-33)42(37-14-8-4-9-15-37)38-16-10-5-11-17-38/h3-28,30,40H,29H2,1-2H3/q+1. The highest BCUT2D eigenvalue weighted by atomic mass is 15.6. The molecular formula is C39H36N3+. The number of hydrogen-bond donors (Lipinski definition) is 1. The molecular weight excluding hydrogens is 510 g/mol. The zero-order chi connectivity index (χ0) is 28.8. The molecule has 1 atom stereocenters. The van der Waals surface area contributed by atoms with Crippen LogP contribution in [0, 0.1) is 13.8 Å². The van der Waals surface area contributed by atoms with E-state index in [9.17, 15) is 0 Å². The first-order valence-corrected chi connectivity index (χ1v) is 14.5. The second kappa shape index (κ2) is 12.2. The zero-order valence-corrected chi connectivity index (χ0v) is 24.2. The van der Waals surface area contributed by atoms with Gasteiger partial charge in [-0.3, -0.25) is 0 Å². The van der Waals surface area contributed by atoms with Gasteiger partial charge < -0.3 is 5.32 Å². The highest BCUT2D eigenvalue weighted by molar-refractivity contribution is 5.77. The fourth-order valence-electron chi connectivity index (χ4n) is 5.39. The second-order valence-electron chi connectivity index (χ2n) is 10.9. The van der Waals surface area contributed by atoms with Crippen molar-refractivity contribution in [2.75, 3.05) is 10.3 Å². The molecule has 0 bridgehead atoms. The number of rotatable bonds is 8. The Bertz CT molecular complexity index is 1660. The molecule has 1 unspecified atom stereocenters. The lowest BCUT2D eigenvalue weighted by Gasteiger charge is -2.35. The lowest BCUT2D eigenvalue weighted by Crippen LogP contribution is -2.37. The summed E-state index contributed by atoms with van der Waals surface area (Å²) in [6.45, 7) is 4.26. The zero-order valence-electron chi connectivity index (χ0n) is 24.2. The van der Waals surface area contributed by atoms with E-state index in [2.05, 4.69) is 193 Å². The number of allylic oxidation sites excluding steroid dienone is 1. The van der Waals surface area contributed by atoms with Gasteiger partial charge in [0.25, 0.3) is 0 Å². The van der Waals surface area contributed by atoms with Gasteiger partial charge in [-0.25, -0.2) is 0 Å². The summed E-state index contributed by atoms with van der Waals surface area (Å²) >= 11 is 0. The van der Waals surface area contributed by atoms with E-state index < -0.39 is 0 Å². The number of nitrogens with one attached hydrogen (secondary N) is 1. The predicted molar refractivity (Wildman–Crippen MR) is 176 cm³/mol. The molecule has 5 aromatic carbocycles. The third-order valence-corrected chi connectivity index (χ3v) is 7.71. The van der Waals surface area contributed by atoms with Gasteiger partial charge in [-0.15, -0.1) is 5.01 Å². The maximum atomic E-state index is 3.89. The molecule has 1 aliphatic carbocycles. The molecule has 5 aromatic rings. The molecule has 0 spiro atoms. The minimum absolute atomic E-state index is 0.380. The highest BCUT2D eigenvalue weighted by Crippen LogP contribution is 2.37. The molecule has 3 heteroatoms. The van der Waals surface area contributed by atoms with Crippen LogP contribution in [0.15, 0.2) is 163 Å². The van der Waals surface area contributed by atoms with Gasteiger partial charge >= 0.3 is 0 Å². The molecule has 0 heterocycles. The van der Waals surface area contributed by atoms with Gasteiger partial charge in [-0.05, 0) is 80.1 Å².